The zero-order chi connectivity index (χ0) is 3.58. The normalized spacial score (nSPS) is 6.25. The largest absolute Gasteiger partial charge is 0.185 e. The maximum absolute atomic E-state index is 4.97. The van der Waals surface area contributed by atoms with E-state index in [1.165, 1.54) is 0 Å². The average molecular weight is 75.5 g/mol. The molecule has 0 aliphatic rings. The van der Waals surface area contributed by atoms with Crippen LogP contribution in [0.3, 0.4) is 0 Å². The van der Waals surface area contributed by atoms with Gasteiger partial charge in [-0.1, -0.05) is 0 Å². The Balaban J connectivity index is 2.80. The van der Waals surface area contributed by atoms with Gasteiger partial charge in [0.05, 0.1) is 0 Å². The molecule has 0 N–H and O–H groups in total. The van der Waals surface area contributed by atoms with E-state index in [4.69, 9.17) is 11.6 Å². The molecule has 0 saturated heterocycles. The van der Waals surface area contributed by atoms with Crippen molar-refractivity contribution in [1.82, 2.24) is 0 Å². The summed E-state index contributed by atoms with van der Waals surface area (Å²) in [6, 6.07) is 0. The Labute approximate surface area is 31.1 Å². The van der Waals surface area contributed by atoms with Crippen molar-refractivity contribution < 1.29 is 0 Å². The summed E-state index contributed by atoms with van der Waals surface area (Å²) in [5, 5.41) is 0.389. The highest BCUT2D eigenvalue weighted by Gasteiger charge is 1.68. The maximum Gasteiger partial charge on any atom is 0.185 e. The van der Waals surface area contributed by atoms with Crippen molar-refractivity contribution in [2.45, 2.75) is 0 Å². The second-order valence-electron chi connectivity index (χ2n) is 0.517. The summed E-state index contributed by atoms with van der Waals surface area (Å²) in [5.41, 5.74) is 0. The molecule has 0 unspecified atom stereocenters. The fourth-order valence-corrected chi connectivity index (χ4v) is 0. The van der Waals surface area contributed by atoms with Gasteiger partial charge in [-0.15, -0.1) is 0 Å². The first kappa shape index (κ1) is 3.90. The highest BCUT2D eigenvalue weighted by atomic mass is 35.5. The second-order valence-corrected chi connectivity index (χ2v) is 1.05. The number of halogens is 1. The minimum atomic E-state index is 0.389. The van der Waals surface area contributed by atoms with E-state index in [-0.39, 0.29) is 0 Å². The Morgan fingerprint density at radius 2 is 2.00 bits per heavy atom. The zero-order valence-corrected chi connectivity index (χ0v) is 3.05. The zero-order valence-electron chi connectivity index (χ0n) is 2.29. The van der Waals surface area contributed by atoms with Gasteiger partial charge in [-0.2, -0.15) is 0 Å². The molecule has 0 saturated carbocycles. The van der Waals surface area contributed by atoms with Crippen molar-refractivity contribution in [3.05, 3.63) is 18.5 Å². The fraction of sp³-hybridized carbons (Fsp3) is 0. The van der Waals surface area contributed by atoms with Crippen molar-refractivity contribution in [2.24, 2.45) is 0 Å². The Kier molecular flexibility index (Phi) is 1.21. The van der Waals surface area contributed by atoms with E-state index in [1.807, 2.05) is 0 Å². The van der Waals surface area contributed by atoms with Crippen LogP contribution >= 0.6 is 11.6 Å². The number of rotatable bonds is 0. The van der Waals surface area contributed by atoms with Crippen LogP contribution < -0.4 is 0 Å². The first-order valence-electron chi connectivity index (χ1n) is 0.896. The second kappa shape index (κ2) is 1.24. The van der Waals surface area contributed by atoms with Gasteiger partial charge < -0.3 is 0 Å². The minimum absolute atomic E-state index is 0.389. The predicted octanol–water partition coefficient (Wildman–Crippen LogP) is 1.57. The third-order valence-electron chi connectivity index (χ3n) is 0. The molecule has 1 heteroatoms. The summed E-state index contributed by atoms with van der Waals surface area (Å²) >= 11 is 4.97. The monoisotopic (exact) mass is 75.0 g/mol. The summed E-state index contributed by atoms with van der Waals surface area (Å²) in [6.45, 7) is 6.42. The Morgan fingerprint density at radius 1 is 2.00 bits per heavy atom. The highest BCUT2D eigenvalue weighted by Crippen LogP contribution is 1.86. The van der Waals surface area contributed by atoms with Crippen molar-refractivity contribution >= 4 is 11.6 Å². The molecule has 0 aliphatic carbocycles. The van der Waals surface area contributed by atoms with E-state index in [2.05, 4.69) is 13.5 Å². The van der Waals surface area contributed by atoms with Gasteiger partial charge in [0.1, 0.15) is 0 Å². The average Bonchev–Trinajstić information content (AvgIpc) is 0.811. The first-order valence-corrected chi connectivity index (χ1v) is 1.27. The van der Waals surface area contributed by atoms with Crippen LogP contribution in [0.25, 0.3) is 0 Å². The molecule has 0 aromatic heterocycles. The molecule has 0 aromatic rings. The molecule has 0 fully saturated rings. The van der Waals surface area contributed by atoms with E-state index >= 15 is 0 Å². The molecule has 0 radical (unpaired) electrons. The minimum Gasteiger partial charge on any atom is -0.0380 e. The molecule has 0 heterocycles. The van der Waals surface area contributed by atoms with Crippen LogP contribution in [0.4, 0.5) is 0 Å². The Bertz CT molecular complexity index is 26.3. The van der Waals surface area contributed by atoms with Gasteiger partial charge in [0, 0.05) is 13.5 Å². The van der Waals surface area contributed by atoms with Crippen LogP contribution in [0.5, 0.6) is 0 Å². The lowest BCUT2D eigenvalue weighted by atomic mass is 10.8. The summed E-state index contributed by atoms with van der Waals surface area (Å²) in [5.74, 6) is 0. The summed E-state index contributed by atoms with van der Waals surface area (Å²) in [6.07, 6.45) is 0. The number of hydrogen-bond donors (Lipinski definition) is 0. The molecule has 0 bridgehead atoms. The molecular formula is C3H4Cl+. The van der Waals surface area contributed by atoms with E-state index in [9.17, 15) is 0 Å². The number of hydrogen-bond acceptors (Lipinski definition) is 0. The van der Waals surface area contributed by atoms with Crippen LogP contribution in [0.2, 0.25) is 0 Å². The third-order valence-corrected chi connectivity index (χ3v) is 0. The van der Waals surface area contributed by atoms with Gasteiger partial charge in [0.15, 0.2) is 5.03 Å². The molecule has 0 amide bonds. The molecule has 0 nitrogen and oxygen atoms in total. The van der Waals surface area contributed by atoms with Crippen LogP contribution in [0, 0.1) is 6.92 Å². The highest BCUT2D eigenvalue weighted by molar-refractivity contribution is 6.29. The van der Waals surface area contributed by atoms with Crippen molar-refractivity contribution in [2.75, 3.05) is 0 Å². The van der Waals surface area contributed by atoms with Crippen LogP contribution in [-0.2, 0) is 0 Å². The summed E-state index contributed by atoms with van der Waals surface area (Å²) in [4.78, 5) is 0. The molecule has 22 valence electrons. The van der Waals surface area contributed by atoms with Gasteiger partial charge in [-0.05, 0) is 11.6 Å². The first-order chi connectivity index (χ1) is 1.73. The number of allylic oxidation sites excluding steroid dienone is 1. The smallest absolute Gasteiger partial charge is 0.0380 e. The summed E-state index contributed by atoms with van der Waals surface area (Å²) < 4.78 is 0. The molecule has 0 aliphatic heterocycles. The Hall–Kier alpha value is -0.100. The van der Waals surface area contributed by atoms with Crippen LogP contribution in [0.15, 0.2) is 11.6 Å². The van der Waals surface area contributed by atoms with Crippen molar-refractivity contribution in [3.63, 3.8) is 0 Å². The fourth-order valence-electron chi connectivity index (χ4n) is 0. The topological polar surface area (TPSA) is 0 Å². The van der Waals surface area contributed by atoms with Crippen molar-refractivity contribution in [3.8, 4) is 0 Å². The van der Waals surface area contributed by atoms with Gasteiger partial charge in [0.2, 0.25) is 0 Å². The molecule has 0 rings (SSSR count). The Morgan fingerprint density at radius 3 is 2.00 bits per heavy atom. The lowest BCUT2D eigenvalue weighted by Gasteiger charge is -1.48. The lowest BCUT2D eigenvalue weighted by Crippen LogP contribution is -1.36. The quantitative estimate of drug-likeness (QED) is 0.384. The molecular weight excluding hydrogens is 71.5 g/mol. The van der Waals surface area contributed by atoms with E-state index < -0.39 is 0 Å². The summed E-state index contributed by atoms with van der Waals surface area (Å²) in [7, 11) is 0. The van der Waals surface area contributed by atoms with Crippen LogP contribution in [-0.4, -0.2) is 0 Å². The predicted molar refractivity (Wildman–Crippen MR) is 20.3 cm³/mol. The van der Waals surface area contributed by atoms with Gasteiger partial charge >= 0.3 is 0 Å². The van der Waals surface area contributed by atoms with E-state index in [0.717, 1.165) is 0 Å². The maximum atomic E-state index is 4.97. The van der Waals surface area contributed by atoms with Gasteiger partial charge in [0.25, 0.3) is 0 Å². The van der Waals surface area contributed by atoms with Crippen molar-refractivity contribution in [1.29, 1.82) is 0 Å². The molecule has 0 atom stereocenters. The van der Waals surface area contributed by atoms with E-state index in [1.54, 1.807) is 0 Å². The van der Waals surface area contributed by atoms with Crippen LogP contribution in [0.1, 0.15) is 0 Å². The standard InChI is InChI=1S/C3H4Cl/c1-3(2)4/h1-2H2/q+1. The van der Waals surface area contributed by atoms with E-state index in [0.29, 0.717) is 5.03 Å². The van der Waals surface area contributed by atoms with Gasteiger partial charge in [-0.3, -0.25) is 0 Å². The lowest BCUT2D eigenvalue weighted by molar-refractivity contribution is 2.06. The molecule has 4 heavy (non-hydrogen) atoms. The van der Waals surface area contributed by atoms with Gasteiger partial charge in [-0.25, -0.2) is 0 Å². The molecule has 0 spiro atoms. The molecule has 0 aromatic carbocycles. The SMILES string of the molecule is C=C([CH2+])Cl. The third kappa shape index (κ3) is 154.